The molecule has 1 N–H and O–H groups in total. The minimum absolute atomic E-state index is 0.117. The highest BCUT2D eigenvalue weighted by molar-refractivity contribution is 5.94. The van der Waals surface area contributed by atoms with E-state index in [-0.39, 0.29) is 12.0 Å². The van der Waals surface area contributed by atoms with Crippen LogP contribution in [0.5, 0.6) is 0 Å². The maximum atomic E-state index is 11.8. The van der Waals surface area contributed by atoms with Gasteiger partial charge in [0.05, 0.1) is 17.2 Å². The topological polar surface area (TPSA) is 75.0 Å². The van der Waals surface area contributed by atoms with Gasteiger partial charge >= 0.3 is 0 Å². The molecule has 17 heavy (non-hydrogen) atoms. The molecule has 1 aliphatic rings. The summed E-state index contributed by atoms with van der Waals surface area (Å²) >= 11 is 0. The summed E-state index contributed by atoms with van der Waals surface area (Å²) in [5, 5.41) is 11.5. The second kappa shape index (κ2) is 5.41. The highest BCUT2D eigenvalue weighted by Crippen LogP contribution is 2.10. The molecule has 5 heteroatoms. The first-order chi connectivity index (χ1) is 8.29. The molecule has 0 radical (unpaired) electrons. The summed E-state index contributed by atoms with van der Waals surface area (Å²) in [6.45, 7) is 1.28. The molecule has 2 heterocycles. The van der Waals surface area contributed by atoms with Crippen molar-refractivity contribution in [3.8, 4) is 6.07 Å². The van der Waals surface area contributed by atoms with Crippen LogP contribution in [0.25, 0.3) is 0 Å². The molecular formula is C12H13N3O2. The Balaban J connectivity index is 1.92. The molecule has 2 rings (SSSR count). The number of pyridine rings is 1. The molecule has 1 amide bonds. The third-order valence-electron chi connectivity index (χ3n) is 2.64. The molecule has 1 aromatic heterocycles. The molecule has 1 atom stereocenters. The van der Waals surface area contributed by atoms with Gasteiger partial charge in [-0.15, -0.1) is 0 Å². The SMILES string of the molecule is N#Cc1cncc(C(=O)NCC2CCCO2)c1. The van der Waals surface area contributed by atoms with Crippen LogP contribution < -0.4 is 5.32 Å². The summed E-state index contributed by atoms with van der Waals surface area (Å²) < 4.78 is 5.40. The lowest BCUT2D eigenvalue weighted by molar-refractivity contribution is 0.0857. The molecule has 1 aromatic rings. The Morgan fingerprint density at radius 3 is 3.24 bits per heavy atom. The van der Waals surface area contributed by atoms with Crippen LogP contribution in [0.1, 0.15) is 28.8 Å². The molecule has 0 bridgehead atoms. The zero-order chi connectivity index (χ0) is 12.1. The zero-order valence-electron chi connectivity index (χ0n) is 9.35. The van der Waals surface area contributed by atoms with Gasteiger partial charge in [-0.25, -0.2) is 0 Å². The molecule has 1 fully saturated rings. The quantitative estimate of drug-likeness (QED) is 0.837. The Morgan fingerprint density at radius 2 is 2.53 bits per heavy atom. The smallest absolute Gasteiger partial charge is 0.252 e. The minimum atomic E-state index is -0.217. The van der Waals surface area contributed by atoms with Crippen LogP contribution >= 0.6 is 0 Å². The van der Waals surface area contributed by atoms with Crippen molar-refractivity contribution in [1.29, 1.82) is 5.26 Å². The van der Waals surface area contributed by atoms with Gasteiger partial charge in [-0.2, -0.15) is 5.26 Å². The number of nitriles is 1. The van der Waals surface area contributed by atoms with Gasteiger partial charge in [-0.1, -0.05) is 0 Å². The Morgan fingerprint density at radius 1 is 1.65 bits per heavy atom. The van der Waals surface area contributed by atoms with Crippen molar-refractivity contribution in [1.82, 2.24) is 10.3 Å². The van der Waals surface area contributed by atoms with E-state index in [0.717, 1.165) is 19.4 Å². The first-order valence-corrected chi connectivity index (χ1v) is 5.54. The van der Waals surface area contributed by atoms with Crippen LogP contribution in [0.15, 0.2) is 18.5 Å². The summed E-state index contributed by atoms with van der Waals surface area (Å²) in [6, 6.07) is 3.48. The third-order valence-corrected chi connectivity index (χ3v) is 2.64. The first kappa shape index (κ1) is 11.6. The molecule has 0 spiro atoms. The van der Waals surface area contributed by atoms with E-state index in [2.05, 4.69) is 10.3 Å². The molecule has 5 nitrogen and oxygen atoms in total. The fraction of sp³-hybridized carbons (Fsp3) is 0.417. The lowest BCUT2D eigenvalue weighted by atomic mass is 10.2. The zero-order valence-corrected chi connectivity index (χ0v) is 9.35. The molecule has 0 aliphatic carbocycles. The molecule has 88 valence electrons. The minimum Gasteiger partial charge on any atom is -0.376 e. The van der Waals surface area contributed by atoms with Crippen molar-refractivity contribution in [3.05, 3.63) is 29.6 Å². The molecule has 0 aromatic carbocycles. The normalized spacial score (nSPS) is 18.6. The number of carbonyl (C=O) groups excluding carboxylic acids is 1. The summed E-state index contributed by atoms with van der Waals surface area (Å²) in [7, 11) is 0. The monoisotopic (exact) mass is 231 g/mol. The highest BCUT2D eigenvalue weighted by atomic mass is 16.5. The standard InChI is InChI=1S/C12H13N3O2/c13-5-9-4-10(7-14-6-9)12(16)15-8-11-2-1-3-17-11/h4,6-7,11H,1-3,8H2,(H,15,16). The van der Waals surface area contributed by atoms with Gasteiger partial charge in [0.25, 0.3) is 5.91 Å². The Bertz CT molecular complexity index is 447. The van der Waals surface area contributed by atoms with Crippen LogP contribution in [0.3, 0.4) is 0 Å². The van der Waals surface area contributed by atoms with Crippen LogP contribution in [0.2, 0.25) is 0 Å². The Hall–Kier alpha value is -1.93. The van der Waals surface area contributed by atoms with E-state index >= 15 is 0 Å². The second-order valence-electron chi connectivity index (χ2n) is 3.92. The average Bonchev–Trinajstić information content (AvgIpc) is 2.89. The number of rotatable bonds is 3. The fourth-order valence-electron chi connectivity index (χ4n) is 1.74. The van der Waals surface area contributed by atoms with Crippen LogP contribution in [0.4, 0.5) is 0 Å². The van der Waals surface area contributed by atoms with Crippen LogP contribution in [-0.4, -0.2) is 30.1 Å². The molecule has 1 unspecified atom stereocenters. The lowest BCUT2D eigenvalue weighted by Gasteiger charge is -2.10. The van der Waals surface area contributed by atoms with E-state index in [0.29, 0.717) is 17.7 Å². The van der Waals surface area contributed by atoms with Crippen molar-refractivity contribution >= 4 is 5.91 Å². The van der Waals surface area contributed by atoms with Gasteiger partial charge < -0.3 is 10.1 Å². The molecule has 1 saturated heterocycles. The average molecular weight is 231 g/mol. The Kier molecular flexibility index (Phi) is 3.68. The number of ether oxygens (including phenoxy) is 1. The number of nitrogens with zero attached hydrogens (tertiary/aromatic N) is 2. The first-order valence-electron chi connectivity index (χ1n) is 5.54. The van der Waals surface area contributed by atoms with Crippen molar-refractivity contribution in [2.24, 2.45) is 0 Å². The van der Waals surface area contributed by atoms with E-state index in [1.807, 2.05) is 6.07 Å². The van der Waals surface area contributed by atoms with E-state index in [4.69, 9.17) is 10.00 Å². The maximum absolute atomic E-state index is 11.8. The highest BCUT2D eigenvalue weighted by Gasteiger charge is 2.16. The molecular weight excluding hydrogens is 218 g/mol. The summed E-state index contributed by atoms with van der Waals surface area (Å²) in [4.78, 5) is 15.6. The Labute approximate surface area is 99.4 Å². The number of aromatic nitrogens is 1. The van der Waals surface area contributed by atoms with E-state index < -0.39 is 0 Å². The van der Waals surface area contributed by atoms with Gasteiger partial charge in [0.2, 0.25) is 0 Å². The van der Waals surface area contributed by atoms with Crippen molar-refractivity contribution in [2.75, 3.05) is 13.2 Å². The van der Waals surface area contributed by atoms with Crippen molar-refractivity contribution in [2.45, 2.75) is 18.9 Å². The van der Waals surface area contributed by atoms with E-state index in [1.165, 1.54) is 18.5 Å². The summed E-state index contributed by atoms with van der Waals surface area (Å²) in [5.41, 5.74) is 0.789. The number of nitrogens with one attached hydrogen (secondary N) is 1. The maximum Gasteiger partial charge on any atom is 0.252 e. The van der Waals surface area contributed by atoms with Gasteiger partial charge in [-0.3, -0.25) is 9.78 Å². The number of amides is 1. The second-order valence-corrected chi connectivity index (χ2v) is 3.92. The molecule has 0 saturated carbocycles. The lowest BCUT2D eigenvalue weighted by Crippen LogP contribution is -2.31. The predicted molar refractivity (Wildman–Crippen MR) is 60.3 cm³/mol. The van der Waals surface area contributed by atoms with Crippen LogP contribution in [-0.2, 0) is 4.74 Å². The third kappa shape index (κ3) is 3.02. The fourth-order valence-corrected chi connectivity index (χ4v) is 1.74. The number of hydrogen-bond donors (Lipinski definition) is 1. The predicted octanol–water partition coefficient (Wildman–Crippen LogP) is 0.862. The van der Waals surface area contributed by atoms with E-state index in [9.17, 15) is 4.79 Å². The summed E-state index contributed by atoms with van der Waals surface area (Å²) in [6.07, 6.45) is 5.02. The van der Waals surface area contributed by atoms with Gasteiger partial charge in [-0.05, 0) is 18.9 Å². The number of carbonyl (C=O) groups is 1. The van der Waals surface area contributed by atoms with Crippen molar-refractivity contribution < 1.29 is 9.53 Å². The largest absolute Gasteiger partial charge is 0.376 e. The molecule has 1 aliphatic heterocycles. The van der Waals surface area contributed by atoms with Crippen LogP contribution in [0, 0.1) is 11.3 Å². The van der Waals surface area contributed by atoms with E-state index in [1.54, 1.807) is 0 Å². The van der Waals surface area contributed by atoms with Gasteiger partial charge in [0, 0.05) is 25.5 Å². The summed E-state index contributed by atoms with van der Waals surface area (Å²) in [5.74, 6) is -0.217. The van der Waals surface area contributed by atoms with Gasteiger partial charge in [0.1, 0.15) is 6.07 Å². The van der Waals surface area contributed by atoms with Gasteiger partial charge in [0.15, 0.2) is 0 Å². The van der Waals surface area contributed by atoms with Crippen molar-refractivity contribution in [3.63, 3.8) is 0 Å². The number of hydrogen-bond acceptors (Lipinski definition) is 4.